The van der Waals surface area contributed by atoms with Crippen molar-refractivity contribution in [3.8, 4) is 10.7 Å². The van der Waals surface area contributed by atoms with Crippen molar-refractivity contribution in [1.82, 2.24) is 24.5 Å². The third kappa shape index (κ3) is 3.51. The highest BCUT2D eigenvalue weighted by Gasteiger charge is 2.06. The van der Waals surface area contributed by atoms with Gasteiger partial charge in [0.1, 0.15) is 5.82 Å². The number of carbonyl (C=O) groups is 1. The molecule has 0 spiro atoms. The number of rotatable bonds is 4. The van der Waals surface area contributed by atoms with Crippen molar-refractivity contribution in [2.24, 2.45) is 0 Å². The molecular weight excluding hydrogens is 278 g/mol. The van der Waals surface area contributed by atoms with Crippen LogP contribution in [0.2, 0.25) is 0 Å². The lowest BCUT2D eigenvalue weighted by atomic mass is 10.4. The Morgan fingerprint density at radius 1 is 1.30 bits per heavy atom. The smallest absolute Gasteiger partial charge is 0.290 e. The van der Waals surface area contributed by atoms with Gasteiger partial charge in [0, 0.05) is 25.1 Å². The Kier molecular flexibility index (Phi) is 5.01. The maximum absolute atomic E-state index is 8.36. The van der Waals surface area contributed by atoms with Gasteiger partial charge in [-0.05, 0) is 11.4 Å². The molecule has 0 aliphatic rings. The summed E-state index contributed by atoms with van der Waals surface area (Å²) in [5, 5.41) is 16.7. The van der Waals surface area contributed by atoms with Crippen LogP contribution in [0.4, 0.5) is 0 Å². The summed E-state index contributed by atoms with van der Waals surface area (Å²) < 4.78 is 3.95. The van der Waals surface area contributed by atoms with Crippen molar-refractivity contribution in [3.63, 3.8) is 0 Å². The highest BCUT2D eigenvalue weighted by Crippen LogP contribution is 2.22. The van der Waals surface area contributed by atoms with Crippen molar-refractivity contribution < 1.29 is 9.90 Å². The van der Waals surface area contributed by atoms with Crippen LogP contribution in [-0.4, -0.2) is 36.1 Å². The molecule has 20 heavy (non-hydrogen) atoms. The van der Waals surface area contributed by atoms with Gasteiger partial charge in [0.15, 0.2) is 0 Å². The molecule has 3 aromatic rings. The number of imidazole rings is 1. The van der Waals surface area contributed by atoms with Gasteiger partial charge >= 0.3 is 0 Å². The van der Waals surface area contributed by atoms with Gasteiger partial charge in [0.2, 0.25) is 0 Å². The molecule has 0 aliphatic heterocycles. The van der Waals surface area contributed by atoms with Crippen LogP contribution in [0.5, 0.6) is 0 Å². The van der Waals surface area contributed by atoms with Crippen molar-refractivity contribution >= 4 is 17.8 Å². The van der Waals surface area contributed by atoms with E-state index in [-0.39, 0.29) is 6.47 Å². The topological polar surface area (TPSA) is 85.8 Å². The van der Waals surface area contributed by atoms with Crippen LogP contribution in [0.3, 0.4) is 0 Å². The Labute approximate surface area is 119 Å². The minimum atomic E-state index is -0.250. The molecule has 1 N–H and O–H groups in total. The van der Waals surface area contributed by atoms with Crippen molar-refractivity contribution in [2.45, 2.75) is 13.1 Å². The molecule has 0 aliphatic carbocycles. The van der Waals surface area contributed by atoms with Gasteiger partial charge in [0.05, 0.1) is 17.6 Å². The predicted octanol–water partition coefficient (Wildman–Crippen LogP) is 1.60. The lowest BCUT2D eigenvalue weighted by Crippen LogP contribution is -2.08. The lowest BCUT2D eigenvalue weighted by molar-refractivity contribution is -0.122. The molecule has 104 valence electrons. The SMILES string of the molecule is O=CO.c1csc(-c2nccn2CCn2ccnn2)c1. The first kappa shape index (κ1) is 13.9. The predicted molar refractivity (Wildman–Crippen MR) is 74.3 cm³/mol. The molecule has 0 saturated carbocycles. The molecule has 3 rings (SSSR count). The largest absolute Gasteiger partial charge is 0.483 e. The maximum atomic E-state index is 8.36. The summed E-state index contributed by atoms with van der Waals surface area (Å²) in [6.07, 6.45) is 7.37. The monoisotopic (exact) mass is 291 g/mol. The van der Waals surface area contributed by atoms with Crippen LogP contribution in [0.1, 0.15) is 0 Å². The summed E-state index contributed by atoms with van der Waals surface area (Å²) in [6, 6.07) is 4.12. The summed E-state index contributed by atoms with van der Waals surface area (Å²) in [7, 11) is 0. The summed E-state index contributed by atoms with van der Waals surface area (Å²) in [5.74, 6) is 1.01. The maximum Gasteiger partial charge on any atom is 0.290 e. The Bertz CT molecular complexity index is 618. The summed E-state index contributed by atoms with van der Waals surface area (Å²) in [6.45, 7) is 1.39. The first-order valence-corrected chi connectivity index (χ1v) is 6.70. The van der Waals surface area contributed by atoms with Crippen molar-refractivity contribution in [3.05, 3.63) is 42.3 Å². The highest BCUT2D eigenvalue weighted by molar-refractivity contribution is 7.13. The fraction of sp³-hybridized carbons (Fsp3) is 0.167. The number of hydrogen-bond acceptors (Lipinski definition) is 5. The summed E-state index contributed by atoms with van der Waals surface area (Å²) in [4.78, 5) is 13.9. The summed E-state index contributed by atoms with van der Waals surface area (Å²) in [5.41, 5.74) is 0. The number of aromatic nitrogens is 5. The Hall–Kier alpha value is -2.48. The highest BCUT2D eigenvalue weighted by atomic mass is 32.1. The van der Waals surface area contributed by atoms with E-state index in [1.54, 1.807) is 17.5 Å². The fourth-order valence-electron chi connectivity index (χ4n) is 1.68. The molecule has 7 nitrogen and oxygen atoms in total. The van der Waals surface area contributed by atoms with Gasteiger partial charge in [-0.1, -0.05) is 11.3 Å². The Morgan fingerprint density at radius 2 is 2.15 bits per heavy atom. The second-order valence-corrected chi connectivity index (χ2v) is 4.64. The number of aryl methyl sites for hydroxylation is 2. The van der Waals surface area contributed by atoms with E-state index in [2.05, 4.69) is 31.3 Å². The van der Waals surface area contributed by atoms with Crippen LogP contribution >= 0.6 is 11.3 Å². The van der Waals surface area contributed by atoms with E-state index in [0.29, 0.717) is 0 Å². The van der Waals surface area contributed by atoms with E-state index >= 15 is 0 Å². The van der Waals surface area contributed by atoms with E-state index in [1.165, 1.54) is 4.88 Å². The Morgan fingerprint density at radius 3 is 2.80 bits per heavy atom. The van der Waals surface area contributed by atoms with Gasteiger partial charge in [-0.3, -0.25) is 9.48 Å². The van der Waals surface area contributed by atoms with Crippen LogP contribution in [0.25, 0.3) is 10.7 Å². The van der Waals surface area contributed by atoms with Gasteiger partial charge in [-0.15, -0.1) is 16.4 Å². The van der Waals surface area contributed by atoms with E-state index in [0.717, 1.165) is 18.9 Å². The van der Waals surface area contributed by atoms with E-state index < -0.39 is 0 Å². The van der Waals surface area contributed by atoms with Gasteiger partial charge in [0.25, 0.3) is 6.47 Å². The minimum Gasteiger partial charge on any atom is -0.483 e. The standard InChI is InChI=1S/C11H11N5S.CH2O2/c1-2-10(17-9-1)11-12-3-5-15(11)7-8-16-6-4-13-14-16;2-1-3/h1-6,9H,7-8H2;1H,(H,2,3). The number of carboxylic acid groups (broad SMARTS) is 1. The zero-order chi connectivity index (χ0) is 14.2. The normalized spacial score (nSPS) is 9.80. The molecule has 0 radical (unpaired) electrons. The van der Waals surface area contributed by atoms with E-state index in [1.807, 2.05) is 29.3 Å². The second-order valence-electron chi connectivity index (χ2n) is 3.69. The molecule has 3 heterocycles. The molecule has 0 fully saturated rings. The molecule has 0 amide bonds. The number of hydrogen-bond donors (Lipinski definition) is 1. The molecule has 0 bridgehead atoms. The molecule has 0 saturated heterocycles. The van der Waals surface area contributed by atoms with Crippen molar-refractivity contribution in [2.75, 3.05) is 0 Å². The summed E-state index contributed by atoms with van der Waals surface area (Å²) >= 11 is 1.70. The van der Waals surface area contributed by atoms with Crippen molar-refractivity contribution in [1.29, 1.82) is 0 Å². The molecular formula is C12H13N5O2S. The Balaban J connectivity index is 0.000000452. The number of nitrogens with zero attached hydrogens (tertiary/aromatic N) is 5. The van der Waals surface area contributed by atoms with Gasteiger partial charge in [-0.25, -0.2) is 4.98 Å². The number of thiophene rings is 1. The van der Waals surface area contributed by atoms with Gasteiger partial charge in [-0.2, -0.15) is 0 Å². The lowest BCUT2D eigenvalue weighted by Gasteiger charge is -2.05. The van der Waals surface area contributed by atoms with E-state index in [9.17, 15) is 0 Å². The third-order valence-corrected chi connectivity index (χ3v) is 3.36. The molecule has 0 aromatic carbocycles. The molecule has 0 atom stereocenters. The van der Waals surface area contributed by atoms with Crippen LogP contribution in [-0.2, 0) is 17.9 Å². The quantitative estimate of drug-likeness (QED) is 0.738. The van der Waals surface area contributed by atoms with Crippen LogP contribution in [0, 0.1) is 0 Å². The zero-order valence-electron chi connectivity index (χ0n) is 10.5. The first-order valence-electron chi connectivity index (χ1n) is 5.82. The average molecular weight is 291 g/mol. The molecule has 0 unspecified atom stereocenters. The second kappa shape index (κ2) is 7.19. The third-order valence-electron chi connectivity index (χ3n) is 2.50. The molecule has 8 heteroatoms. The van der Waals surface area contributed by atoms with Crippen LogP contribution in [0.15, 0.2) is 42.3 Å². The zero-order valence-corrected chi connectivity index (χ0v) is 11.3. The fourth-order valence-corrected chi connectivity index (χ4v) is 2.42. The first-order chi connectivity index (χ1) is 9.85. The molecule has 3 aromatic heterocycles. The average Bonchev–Trinajstić information content (AvgIpc) is 3.19. The van der Waals surface area contributed by atoms with Gasteiger partial charge < -0.3 is 9.67 Å². The van der Waals surface area contributed by atoms with E-state index in [4.69, 9.17) is 9.90 Å². The van der Waals surface area contributed by atoms with Crippen LogP contribution < -0.4 is 0 Å². The minimum absolute atomic E-state index is 0.250.